The summed E-state index contributed by atoms with van der Waals surface area (Å²) in [4.78, 5) is 25.5. The lowest BCUT2D eigenvalue weighted by atomic mass is 9.79. The number of ether oxygens (including phenoxy) is 1. The number of carbonyl (C=O) groups excluding carboxylic acids is 2. The molecular formula is C23H24FN3O3. The first-order valence-electron chi connectivity index (χ1n) is 9.90. The number of halogens is 1. The smallest absolute Gasteiger partial charge is 0.255 e. The van der Waals surface area contributed by atoms with E-state index in [1.165, 1.54) is 37.4 Å². The molecule has 2 aromatic rings. The van der Waals surface area contributed by atoms with E-state index in [-0.39, 0.29) is 29.3 Å². The van der Waals surface area contributed by atoms with Gasteiger partial charge in [-0.2, -0.15) is 5.26 Å². The van der Waals surface area contributed by atoms with Crippen molar-refractivity contribution in [3.05, 3.63) is 65.0 Å². The zero-order chi connectivity index (χ0) is 21.5. The topological polar surface area (TPSA) is 91.2 Å². The number of methoxy groups -OCH3 is 1. The second-order valence-electron chi connectivity index (χ2n) is 7.30. The number of amides is 1. The van der Waals surface area contributed by atoms with Crippen LogP contribution in [0.15, 0.2) is 42.5 Å². The highest BCUT2D eigenvalue weighted by Gasteiger charge is 2.31. The van der Waals surface area contributed by atoms with E-state index >= 15 is 0 Å². The summed E-state index contributed by atoms with van der Waals surface area (Å²) < 4.78 is 18.4. The van der Waals surface area contributed by atoms with Gasteiger partial charge in [0.15, 0.2) is 5.78 Å². The van der Waals surface area contributed by atoms with Gasteiger partial charge in [-0.05, 0) is 74.3 Å². The molecule has 2 atom stereocenters. The van der Waals surface area contributed by atoms with Crippen molar-refractivity contribution in [3.63, 3.8) is 0 Å². The second-order valence-corrected chi connectivity index (χ2v) is 7.30. The second kappa shape index (κ2) is 9.99. The molecule has 1 fully saturated rings. The molecule has 3 rings (SSSR count). The predicted octanol–water partition coefficient (Wildman–Crippen LogP) is 2.93. The number of benzene rings is 2. The Morgan fingerprint density at radius 3 is 2.73 bits per heavy atom. The van der Waals surface area contributed by atoms with E-state index in [0.717, 1.165) is 6.54 Å². The molecule has 1 saturated heterocycles. The number of piperidine rings is 1. The maximum Gasteiger partial charge on any atom is 0.255 e. The molecule has 156 valence electrons. The van der Waals surface area contributed by atoms with Crippen molar-refractivity contribution in [1.29, 1.82) is 5.26 Å². The van der Waals surface area contributed by atoms with E-state index < -0.39 is 0 Å². The van der Waals surface area contributed by atoms with Crippen LogP contribution in [0, 0.1) is 29.0 Å². The zero-order valence-corrected chi connectivity index (χ0v) is 16.8. The van der Waals surface area contributed by atoms with Crippen LogP contribution in [-0.2, 0) is 0 Å². The maximum absolute atomic E-state index is 13.2. The molecule has 1 amide bonds. The van der Waals surface area contributed by atoms with Crippen molar-refractivity contribution in [2.45, 2.75) is 12.8 Å². The van der Waals surface area contributed by atoms with E-state index in [0.29, 0.717) is 48.4 Å². The third kappa shape index (κ3) is 5.02. The third-order valence-corrected chi connectivity index (χ3v) is 5.45. The van der Waals surface area contributed by atoms with Crippen molar-refractivity contribution >= 4 is 11.7 Å². The summed E-state index contributed by atoms with van der Waals surface area (Å²) in [6.07, 6.45) is 1.32. The summed E-state index contributed by atoms with van der Waals surface area (Å²) in [6.45, 7) is 1.82. The average molecular weight is 409 g/mol. The SMILES string of the molecule is COc1ccc(C#N)cc1C(=O)NCCC1CNCCC1C(=O)c1ccc(F)cc1. The Morgan fingerprint density at radius 2 is 2.03 bits per heavy atom. The minimum absolute atomic E-state index is 0.0104. The fraction of sp³-hybridized carbons (Fsp3) is 0.348. The van der Waals surface area contributed by atoms with Gasteiger partial charge in [-0.1, -0.05) is 0 Å². The van der Waals surface area contributed by atoms with Gasteiger partial charge in [-0.25, -0.2) is 4.39 Å². The van der Waals surface area contributed by atoms with Crippen molar-refractivity contribution in [1.82, 2.24) is 10.6 Å². The standard InChI is InChI=1S/C23H24FN3O3/c1-30-21-7-2-15(13-25)12-20(21)23(29)27-11-8-17-14-26-10-9-19(17)22(28)16-3-5-18(24)6-4-16/h2-7,12,17,19,26H,8-11,14H2,1H3,(H,27,29). The summed E-state index contributed by atoms with van der Waals surface area (Å²) in [7, 11) is 1.47. The van der Waals surface area contributed by atoms with Gasteiger partial charge in [0, 0.05) is 18.0 Å². The Labute approximate surface area is 175 Å². The highest BCUT2D eigenvalue weighted by Crippen LogP contribution is 2.26. The minimum atomic E-state index is -0.369. The molecular weight excluding hydrogens is 385 g/mol. The molecule has 0 radical (unpaired) electrons. The van der Waals surface area contributed by atoms with Crippen LogP contribution in [0.3, 0.4) is 0 Å². The van der Waals surface area contributed by atoms with Gasteiger partial charge >= 0.3 is 0 Å². The Kier molecular flexibility index (Phi) is 7.15. The number of Topliss-reactive ketones (excluding diaryl/α,β-unsaturated/α-hetero) is 1. The molecule has 0 saturated carbocycles. The van der Waals surface area contributed by atoms with Crippen LogP contribution in [0.5, 0.6) is 5.75 Å². The van der Waals surface area contributed by atoms with Gasteiger partial charge < -0.3 is 15.4 Å². The van der Waals surface area contributed by atoms with Gasteiger partial charge in [0.1, 0.15) is 11.6 Å². The zero-order valence-electron chi connectivity index (χ0n) is 16.8. The quantitative estimate of drug-likeness (QED) is 0.686. The molecule has 0 spiro atoms. The Morgan fingerprint density at radius 1 is 1.27 bits per heavy atom. The van der Waals surface area contributed by atoms with E-state index in [1.54, 1.807) is 12.1 Å². The molecule has 0 aromatic heterocycles. The van der Waals surface area contributed by atoms with E-state index in [9.17, 15) is 14.0 Å². The number of carbonyl (C=O) groups is 2. The number of nitriles is 1. The number of nitrogens with zero attached hydrogens (tertiary/aromatic N) is 1. The molecule has 7 heteroatoms. The lowest BCUT2D eigenvalue weighted by Gasteiger charge is -2.31. The van der Waals surface area contributed by atoms with Crippen LogP contribution in [0.1, 0.15) is 39.1 Å². The van der Waals surface area contributed by atoms with E-state index in [2.05, 4.69) is 10.6 Å². The molecule has 1 heterocycles. The first kappa shape index (κ1) is 21.5. The highest BCUT2D eigenvalue weighted by molar-refractivity contribution is 5.98. The van der Waals surface area contributed by atoms with Crippen LogP contribution in [0.4, 0.5) is 4.39 Å². The summed E-state index contributed by atoms with van der Waals surface area (Å²) in [5, 5.41) is 15.2. The van der Waals surface area contributed by atoms with Crippen LogP contribution in [-0.4, -0.2) is 38.4 Å². The number of rotatable bonds is 7. The first-order chi connectivity index (χ1) is 14.5. The highest BCUT2D eigenvalue weighted by atomic mass is 19.1. The minimum Gasteiger partial charge on any atom is -0.496 e. The molecule has 1 aliphatic heterocycles. The average Bonchev–Trinajstić information content (AvgIpc) is 2.79. The maximum atomic E-state index is 13.2. The van der Waals surface area contributed by atoms with Gasteiger partial charge in [0.05, 0.1) is 24.3 Å². The molecule has 2 N–H and O–H groups in total. The fourth-order valence-electron chi connectivity index (χ4n) is 3.82. The Balaban J connectivity index is 1.62. The van der Waals surface area contributed by atoms with E-state index in [4.69, 9.17) is 10.00 Å². The number of hydrogen-bond donors (Lipinski definition) is 2. The molecule has 6 nitrogen and oxygen atoms in total. The van der Waals surface area contributed by atoms with Crippen molar-refractivity contribution in [2.75, 3.05) is 26.7 Å². The Hall–Kier alpha value is -3.24. The molecule has 0 aliphatic carbocycles. The molecule has 2 aromatic carbocycles. The molecule has 30 heavy (non-hydrogen) atoms. The third-order valence-electron chi connectivity index (χ3n) is 5.45. The summed E-state index contributed by atoms with van der Waals surface area (Å²) in [6, 6.07) is 12.3. The van der Waals surface area contributed by atoms with Gasteiger partial charge in [0.2, 0.25) is 0 Å². The summed E-state index contributed by atoms with van der Waals surface area (Å²) in [5.74, 6) is -0.401. The number of hydrogen-bond acceptors (Lipinski definition) is 5. The van der Waals surface area contributed by atoms with Crippen LogP contribution in [0.25, 0.3) is 0 Å². The van der Waals surface area contributed by atoms with Crippen LogP contribution >= 0.6 is 0 Å². The molecule has 0 bridgehead atoms. The van der Waals surface area contributed by atoms with Crippen molar-refractivity contribution in [2.24, 2.45) is 11.8 Å². The van der Waals surface area contributed by atoms with Crippen molar-refractivity contribution < 1.29 is 18.7 Å². The van der Waals surface area contributed by atoms with Gasteiger partial charge in [0.25, 0.3) is 5.91 Å². The van der Waals surface area contributed by atoms with E-state index in [1.807, 2.05) is 6.07 Å². The monoisotopic (exact) mass is 409 g/mol. The largest absolute Gasteiger partial charge is 0.496 e. The van der Waals surface area contributed by atoms with Crippen molar-refractivity contribution in [3.8, 4) is 11.8 Å². The predicted molar refractivity (Wildman–Crippen MR) is 110 cm³/mol. The van der Waals surface area contributed by atoms with Gasteiger partial charge in [-0.15, -0.1) is 0 Å². The summed E-state index contributed by atoms with van der Waals surface area (Å²) in [5.41, 5.74) is 1.19. The lowest BCUT2D eigenvalue weighted by Crippen LogP contribution is -2.41. The normalized spacial score (nSPS) is 18.3. The first-order valence-corrected chi connectivity index (χ1v) is 9.90. The summed E-state index contributed by atoms with van der Waals surface area (Å²) >= 11 is 0. The Bertz CT molecular complexity index is 953. The molecule has 2 unspecified atom stereocenters. The molecule has 1 aliphatic rings. The van der Waals surface area contributed by atoms with Crippen LogP contribution in [0.2, 0.25) is 0 Å². The fourth-order valence-corrected chi connectivity index (χ4v) is 3.82. The number of ketones is 1. The van der Waals surface area contributed by atoms with Gasteiger partial charge in [-0.3, -0.25) is 9.59 Å². The van der Waals surface area contributed by atoms with Crippen LogP contribution < -0.4 is 15.4 Å². The number of nitrogens with one attached hydrogen (secondary N) is 2. The lowest BCUT2D eigenvalue weighted by molar-refractivity contribution is 0.0828.